The molecule has 0 aliphatic heterocycles. The van der Waals surface area contributed by atoms with Crippen LogP contribution >= 0.6 is 27.5 Å². The van der Waals surface area contributed by atoms with Gasteiger partial charge in [-0.2, -0.15) is 4.31 Å². The summed E-state index contributed by atoms with van der Waals surface area (Å²) in [5.41, 5.74) is 2.56. The number of aryl methyl sites for hydroxylation is 2. The highest BCUT2D eigenvalue weighted by Crippen LogP contribution is 2.27. The van der Waals surface area contributed by atoms with Crippen LogP contribution in [-0.2, 0) is 27.8 Å². The fourth-order valence-electron chi connectivity index (χ4n) is 3.41. The molecule has 0 bridgehead atoms. The average Bonchev–Trinajstić information content (AvgIpc) is 2.76. The lowest BCUT2D eigenvalue weighted by Crippen LogP contribution is -2.38. The van der Waals surface area contributed by atoms with Crippen LogP contribution in [0.4, 0.5) is 10.1 Å². The molecule has 3 aromatic carbocycles. The van der Waals surface area contributed by atoms with Crippen molar-refractivity contribution in [2.75, 3.05) is 11.9 Å². The molecule has 9 heteroatoms. The summed E-state index contributed by atoms with van der Waals surface area (Å²) in [5, 5.41) is 3.22. The largest absolute Gasteiger partial charge is 0.324 e. The van der Waals surface area contributed by atoms with Gasteiger partial charge in [0.25, 0.3) is 0 Å². The van der Waals surface area contributed by atoms with Crippen LogP contribution in [0.2, 0.25) is 5.02 Å². The summed E-state index contributed by atoms with van der Waals surface area (Å²) in [6.45, 7) is 3.04. The van der Waals surface area contributed by atoms with Gasteiger partial charge in [-0.3, -0.25) is 4.79 Å². The van der Waals surface area contributed by atoms with Gasteiger partial charge in [0.15, 0.2) is 0 Å². The van der Waals surface area contributed by atoms with E-state index in [4.69, 9.17) is 11.6 Å². The number of hydrogen-bond donors (Lipinski definition) is 1. The van der Waals surface area contributed by atoms with Gasteiger partial charge in [-0.05, 0) is 66.9 Å². The number of anilines is 1. The van der Waals surface area contributed by atoms with Crippen molar-refractivity contribution in [1.29, 1.82) is 0 Å². The predicted octanol–water partition coefficient (Wildman–Crippen LogP) is 5.94. The fraction of sp³-hybridized carbons (Fsp3) is 0.208. The maximum atomic E-state index is 14.3. The second-order valence-electron chi connectivity index (χ2n) is 7.48. The van der Waals surface area contributed by atoms with Gasteiger partial charge in [-0.1, -0.05) is 52.7 Å². The first-order valence-corrected chi connectivity index (χ1v) is 12.8. The van der Waals surface area contributed by atoms with E-state index < -0.39 is 28.3 Å². The summed E-state index contributed by atoms with van der Waals surface area (Å²) in [5.74, 6) is -1.07. The van der Waals surface area contributed by atoms with Crippen molar-refractivity contribution in [1.82, 2.24) is 4.31 Å². The maximum absolute atomic E-state index is 14.3. The smallest absolute Gasteiger partial charge is 0.243 e. The number of halogens is 3. The zero-order valence-electron chi connectivity index (χ0n) is 18.1. The van der Waals surface area contributed by atoms with Crippen LogP contribution in [0.5, 0.6) is 0 Å². The van der Waals surface area contributed by atoms with Crippen molar-refractivity contribution in [2.45, 2.75) is 31.7 Å². The maximum Gasteiger partial charge on any atom is 0.243 e. The van der Waals surface area contributed by atoms with Gasteiger partial charge >= 0.3 is 0 Å². The van der Waals surface area contributed by atoms with Crippen LogP contribution in [0, 0.1) is 12.7 Å². The van der Waals surface area contributed by atoms with Crippen LogP contribution in [0.1, 0.15) is 23.6 Å². The zero-order chi connectivity index (χ0) is 24.2. The summed E-state index contributed by atoms with van der Waals surface area (Å²) in [4.78, 5) is 13.0. The third-order valence-electron chi connectivity index (χ3n) is 5.10. The summed E-state index contributed by atoms with van der Waals surface area (Å²) >= 11 is 9.35. The third-order valence-corrected chi connectivity index (χ3v) is 7.62. The highest BCUT2D eigenvalue weighted by Gasteiger charge is 2.28. The Morgan fingerprint density at radius 1 is 1.09 bits per heavy atom. The van der Waals surface area contributed by atoms with Gasteiger partial charge in [-0.25, -0.2) is 12.8 Å². The van der Waals surface area contributed by atoms with Crippen molar-refractivity contribution >= 4 is 49.1 Å². The van der Waals surface area contributed by atoms with E-state index in [0.29, 0.717) is 17.1 Å². The molecule has 5 nitrogen and oxygen atoms in total. The van der Waals surface area contributed by atoms with Gasteiger partial charge in [0.2, 0.25) is 15.9 Å². The molecule has 3 aromatic rings. The number of nitrogens with one attached hydrogen (secondary N) is 1. The van der Waals surface area contributed by atoms with E-state index in [1.54, 1.807) is 6.07 Å². The lowest BCUT2D eigenvalue weighted by Gasteiger charge is -2.23. The Kier molecular flexibility index (Phi) is 8.28. The molecular formula is C24H23BrClFN2O3S. The Morgan fingerprint density at radius 2 is 1.76 bits per heavy atom. The molecule has 33 heavy (non-hydrogen) atoms. The standard InChI is InChI=1S/C24H23BrClFN2O3S/c1-3-17-13-19(25)12-16(2)24(17)28-23(30)15-29(14-18-6-4-5-7-22(18)27)33(31,32)21-10-8-20(26)9-11-21/h4-13H,3,14-15H2,1-2H3,(H,28,30). The Bertz CT molecular complexity index is 1270. The number of benzene rings is 3. The molecule has 0 unspecified atom stereocenters. The van der Waals surface area contributed by atoms with E-state index in [2.05, 4.69) is 21.2 Å². The van der Waals surface area contributed by atoms with Crippen LogP contribution in [0.3, 0.4) is 0 Å². The number of amides is 1. The molecule has 0 heterocycles. The van der Waals surface area contributed by atoms with Crippen LogP contribution in [0.15, 0.2) is 70.0 Å². The van der Waals surface area contributed by atoms with E-state index in [1.807, 2.05) is 26.0 Å². The fourth-order valence-corrected chi connectivity index (χ4v) is 5.53. The van der Waals surface area contributed by atoms with Gasteiger partial charge in [0.05, 0.1) is 11.4 Å². The second kappa shape index (κ2) is 10.8. The highest BCUT2D eigenvalue weighted by atomic mass is 79.9. The first-order chi connectivity index (χ1) is 15.6. The molecule has 0 spiro atoms. The topological polar surface area (TPSA) is 66.5 Å². The lowest BCUT2D eigenvalue weighted by molar-refractivity contribution is -0.116. The van der Waals surface area contributed by atoms with Crippen LogP contribution in [-0.4, -0.2) is 25.2 Å². The molecule has 0 atom stereocenters. The van der Waals surface area contributed by atoms with Crippen LogP contribution < -0.4 is 5.32 Å². The minimum Gasteiger partial charge on any atom is -0.324 e. The molecule has 0 saturated heterocycles. The minimum atomic E-state index is -4.11. The quantitative estimate of drug-likeness (QED) is 0.375. The lowest BCUT2D eigenvalue weighted by atomic mass is 10.1. The summed E-state index contributed by atoms with van der Waals surface area (Å²) < 4.78 is 42.9. The second-order valence-corrected chi connectivity index (χ2v) is 10.8. The Labute approximate surface area is 206 Å². The molecule has 0 fully saturated rings. The summed E-state index contributed by atoms with van der Waals surface area (Å²) in [6.07, 6.45) is 0.678. The number of rotatable bonds is 8. The molecule has 0 radical (unpaired) electrons. The third kappa shape index (κ3) is 6.20. The van der Waals surface area contributed by atoms with Crippen molar-refractivity contribution in [3.63, 3.8) is 0 Å². The molecule has 0 aromatic heterocycles. The minimum absolute atomic E-state index is 0.0369. The highest BCUT2D eigenvalue weighted by molar-refractivity contribution is 9.10. The molecule has 1 amide bonds. The SMILES string of the molecule is CCc1cc(Br)cc(C)c1NC(=O)CN(Cc1ccccc1F)S(=O)(=O)c1ccc(Cl)cc1. The van der Waals surface area contributed by atoms with E-state index in [9.17, 15) is 17.6 Å². The Morgan fingerprint density at radius 3 is 2.39 bits per heavy atom. The first-order valence-electron chi connectivity index (χ1n) is 10.2. The molecule has 174 valence electrons. The molecule has 0 aliphatic carbocycles. The summed E-state index contributed by atoms with van der Waals surface area (Å²) in [6, 6.07) is 15.3. The monoisotopic (exact) mass is 552 g/mol. The number of carbonyl (C=O) groups excluding carboxylic acids is 1. The zero-order valence-corrected chi connectivity index (χ0v) is 21.3. The molecule has 3 rings (SSSR count). The van der Waals surface area contributed by atoms with Crippen LogP contribution in [0.25, 0.3) is 0 Å². The number of nitrogens with zero attached hydrogens (tertiary/aromatic N) is 1. The Hall–Kier alpha value is -2.26. The van der Waals surface area contributed by atoms with Crippen molar-refractivity contribution in [3.8, 4) is 0 Å². The number of carbonyl (C=O) groups is 1. The molecule has 1 N–H and O–H groups in total. The number of sulfonamides is 1. The van der Waals surface area contributed by atoms with Gasteiger partial charge in [0, 0.05) is 27.3 Å². The predicted molar refractivity (Wildman–Crippen MR) is 132 cm³/mol. The number of hydrogen-bond acceptors (Lipinski definition) is 3. The van der Waals surface area contributed by atoms with Crippen molar-refractivity contribution in [3.05, 3.63) is 92.7 Å². The normalized spacial score (nSPS) is 11.6. The van der Waals surface area contributed by atoms with E-state index in [1.165, 1.54) is 42.5 Å². The van der Waals surface area contributed by atoms with Crippen molar-refractivity contribution in [2.24, 2.45) is 0 Å². The van der Waals surface area contributed by atoms with Gasteiger partial charge in [0.1, 0.15) is 5.82 Å². The molecule has 0 aliphatic rings. The first kappa shape index (κ1) is 25.4. The van der Waals surface area contributed by atoms with E-state index in [-0.39, 0.29) is 17.0 Å². The van der Waals surface area contributed by atoms with E-state index >= 15 is 0 Å². The Balaban J connectivity index is 1.94. The van der Waals surface area contributed by atoms with Gasteiger partial charge < -0.3 is 5.32 Å². The summed E-state index contributed by atoms with van der Waals surface area (Å²) in [7, 11) is -4.11. The van der Waals surface area contributed by atoms with Crippen molar-refractivity contribution < 1.29 is 17.6 Å². The molecular weight excluding hydrogens is 531 g/mol. The van der Waals surface area contributed by atoms with E-state index in [0.717, 1.165) is 19.9 Å². The van der Waals surface area contributed by atoms with Gasteiger partial charge in [-0.15, -0.1) is 0 Å². The molecule has 0 saturated carbocycles. The average molecular weight is 554 g/mol.